The molecular formula is C15H19NO5. The summed E-state index contributed by atoms with van der Waals surface area (Å²) in [6, 6.07) is 9.16. The molecule has 2 N–H and O–H groups in total. The minimum Gasteiger partial charge on any atom is -0.450 e. The Bertz CT molecular complexity index is 506. The highest BCUT2D eigenvalue weighted by atomic mass is 16.7. The molecule has 0 aromatic heterocycles. The molecule has 21 heavy (non-hydrogen) atoms. The van der Waals surface area contributed by atoms with Crippen molar-refractivity contribution in [1.82, 2.24) is 0 Å². The summed E-state index contributed by atoms with van der Waals surface area (Å²) in [6.45, 7) is 2.30. The second kappa shape index (κ2) is 6.11. The molecule has 1 saturated heterocycles. The van der Waals surface area contributed by atoms with Gasteiger partial charge in [-0.05, 0) is 5.56 Å². The van der Waals surface area contributed by atoms with Crippen LogP contribution >= 0.6 is 0 Å². The monoisotopic (exact) mass is 293 g/mol. The van der Waals surface area contributed by atoms with Gasteiger partial charge in [0.05, 0.1) is 13.2 Å². The van der Waals surface area contributed by atoms with E-state index >= 15 is 0 Å². The maximum Gasteiger partial charge on any atom is 0.227 e. The van der Waals surface area contributed by atoms with E-state index in [1.165, 1.54) is 0 Å². The standard InChI is InChI=1S/C15H19NO5/c1-9-16-12-14(18)13(17)11(21-15(12)20-9)8-19-7-10-5-3-2-4-6-10/h2-6,11-15,17-18H,7-8H2,1H3/t11-,12-,13-,14-,15+/m1/s1. The van der Waals surface area contributed by atoms with Crippen molar-refractivity contribution in [2.24, 2.45) is 4.99 Å². The molecule has 1 aromatic carbocycles. The Labute approximate surface area is 123 Å². The topological polar surface area (TPSA) is 80.5 Å². The molecule has 0 saturated carbocycles. The fourth-order valence-electron chi connectivity index (χ4n) is 2.56. The van der Waals surface area contributed by atoms with E-state index in [0.29, 0.717) is 12.5 Å². The van der Waals surface area contributed by atoms with Crippen molar-refractivity contribution in [3.8, 4) is 0 Å². The predicted molar refractivity (Wildman–Crippen MR) is 74.8 cm³/mol. The molecule has 1 fully saturated rings. The number of hydrogen-bond acceptors (Lipinski definition) is 6. The van der Waals surface area contributed by atoms with Crippen LogP contribution < -0.4 is 0 Å². The van der Waals surface area contributed by atoms with Crippen molar-refractivity contribution in [3.05, 3.63) is 35.9 Å². The van der Waals surface area contributed by atoms with Crippen LogP contribution in [0.5, 0.6) is 0 Å². The zero-order chi connectivity index (χ0) is 14.8. The summed E-state index contributed by atoms with van der Waals surface area (Å²) in [6.07, 6.45) is -3.33. The molecular weight excluding hydrogens is 274 g/mol. The number of hydrogen-bond donors (Lipinski definition) is 2. The number of benzene rings is 1. The van der Waals surface area contributed by atoms with Gasteiger partial charge in [-0.1, -0.05) is 30.3 Å². The van der Waals surface area contributed by atoms with Gasteiger partial charge >= 0.3 is 0 Å². The lowest BCUT2D eigenvalue weighted by molar-refractivity contribution is -0.238. The van der Waals surface area contributed by atoms with Gasteiger partial charge in [-0.2, -0.15) is 0 Å². The number of rotatable bonds is 4. The number of aliphatic hydroxyl groups excluding tert-OH is 2. The molecule has 1 aromatic rings. The zero-order valence-corrected chi connectivity index (χ0v) is 11.8. The largest absolute Gasteiger partial charge is 0.450 e. The molecule has 0 bridgehead atoms. The molecule has 2 heterocycles. The van der Waals surface area contributed by atoms with Gasteiger partial charge in [0, 0.05) is 6.92 Å². The third-order valence-corrected chi connectivity index (χ3v) is 3.68. The van der Waals surface area contributed by atoms with Crippen LogP contribution in [0, 0.1) is 0 Å². The Balaban J connectivity index is 1.54. The SMILES string of the molecule is CC1=N[C@H]2[C@@H](O1)O[C@H](COCc1ccccc1)[C@@H](O)[C@@H]2O. The molecule has 3 rings (SSSR count). The molecule has 6 heteroatoms. The van der Waals surface area contributed by atoms with Gasteiger partial charge in [0.1, 0.15) is 24.4 Å². The van der Waals surface area contributed by atoms with Crippen molar-refractivity contribution in [2.75, 3.05) is 6.61 Å². The molecule has 2 aliphatic rings. The van der Waals surface area contributed by atoms with Crippen LogP contribution in [0.1, 0.15) is 12.5 Å². The molecule has 2 aliphatic heterocycles. The van der Waals surface area contributed by atoms with E-state index in [9.17, 15) is 10.2 Å². The highest BCUT2D eigenvalue weighted by Crippen LogP contribution is 2.28. The highest BCUT2D eigenvalue weighted by molar-refractivity contribution is 5.75. The first-order valence-electron chi connectivity index (χ1n) is 6.99. The number of fused-ring (bicyclic) bond motifs is 1. The molecule has 6 nitrogen and oxygen atoms in total. The Morgan fingerprint density at radius 1 is 1.19 bits per heavy atom. The van der Waals surface area contributed by atoms with Crippen LogP contribution in [-0.4, -0.2) is 53.4 Å². The molecule has 0 radical (unpaired) electrons. The van der Waals surface area contributed by atoms with Gasteiger partial charge in [0.15, 0.2) is 5.90 Å². The lowest BCUT2D eigenvalue weighted by Gasteiger charge is -2.37. The van der Waals surface area contributed by atoms with E-state index in [1.54, 1.807) is 6.92 Å². The summed E-state index contributed by atoms with van der Waals surface area (Å²) >= 11 is 0. The average molecular weight is 293 g/mol. The quantitative estimate of drug-likeness (QED) is 0.843. The predicted octanol–water partition coefficient (Wildman–Crippen LogP) is 0.467. The smallest absolute Gasteiger partial charge is 0.227 e. The summed E-state index contributed by atoms with van der Waals surface area (Å²) in [5, 5.41) is 20.2. The maximum absolute atomic E-state index is 10.1. The Kier molecular flexibility index (Phi) is 4.21. The zero-order valence-electron chi connectivity index (χ0n) is 11.8. The van der Waals surface area contributed by atoms with Crippen LogP contribution in [0.15, 0.2) is 35.3 Å². The van der Waals surface area contributed by atoms with Crippen molar-refractivity contribution in [3.63, 3.8) is 0 Å². The summed E-state index contributed by atoms with van der Waals surface area (Å²) in [5.74, 6) is 0.460. The van der Waals surface area contributed by atoms with Gasteiger partial charge in [0.25, 0.3) is 0 Å². The van der Waals surface area contributed by atoms with Crippen LogP contribution in [-0.2, 0) is 20.8 Å². The van der Waals surface area contributed by atoms with E-state index in [-0.39, 0.29) is 6.61 Å². The summed E-state index contributed by atoms with van der Waals surface area (Å²) in [4.78, 5) is 4.12. The minimum absolute atomic E-state index is 0.179. The molecule has 0 unspecified atom stereocenters. The fourth-order valence-corrected chi connectivity index (χ4v) is 2.56. The minimum atomic E-state index is -1.04. The molecule has 0 amide bonds. The molecule has 5 atom stereocenters. The van der Waals surface area contributed by atoms with Gasteiger partial charge < -0.3 is 24.4 Å². The molecule has 0 aliphatic carbocycles. The number of nitrogens with zero attached hydrogens (tertiary/aromatic N) is 1. The van der Waals surface area contributed by atoms with Gasteiger partial charge in [-0.25, -0.2) is 4.99 Å². The van der Waals surface area contributed by atoms with E-state index in [2.05, 4.69) is 4.99 Å². The lowest BCUT2D eigenvalue weighted by Crippen LogP contribution is -2.57. The lowest BCUT2D eigenvalue weighted by atomic mass is 9.98. The van der Waals surface area contributed by atoms with E-state index in [0.717, 1.165) is 5.56 Å². The maximum atomic E-state index is 10.1. The number of aliphatic imine (C=N–C) groups is 1. The Hall–Kier alpha value is -1.47. The fraction of sp³-hybridized carbons (Fsp3) is 0.533. The molecule has 0 spiro atoms. The number of ether oxygens (including phenoxy) is 3. The first-order chi connectivity index (χ1) is 10.1. The van der Waals surface area contributed by atoms with Crippen molar-refractivity contribution >= 4 is 5.90 Å². The van der Waals surface area contributed by atoms with E-state index in [1.807, 2.05) is 30.3 Å². The normalized spacial score (nSPS) is 35.0. The first-order valence-corrected chi connectivity index (χ1v) is 6.99. The van der Waals surface area contributed by atoms with E-state index in [4.69, 9.17) is 14.2 Å². The third kappa shape index (κ3) is 3.08. The Morgan fingerprint density at radius 3 is 2.71 bits per heavy atom. The summed E-state index contributed by atoms with van der Waals surface area (Å²) < 4.78 is 16.6. The second-order valence-electron chi connectivity index (χ2n) is 5.28. The second-order valence-corrected chi connectivity index (χ2v) is 5.28. The van der Waals surface area contributed by atoms with Gasteiger partial charge in [-0.15, -0.1) is 0 Å². The van der Waals surface area contributed by atoms with Crippen molar-refractivity contribution < 1.29 is 24.4 Å². The third-order valence-electron chi connectivity index (χ3n) is 3.68. The van der Waals surface area contributed by atoms with Crippen LogP contribution in [0.2, 0.25) is 0 Å². The first kappa shape index (κ1) is 14.5. The summed E-state index contributed by atoms with van der Waals surface area (Å²) in [7, 11) is 0. The number of aliphatic hydroxyl groups is 2. The van der Waals surface area contributed by atoms with Crippen LogP contribution in [0.3, 0.4) is 0 Å². The van der Waals surface area contributed by atoms with Gasteiger partial charge in [-0.3, -0.25) is 0 Å². The molecule has 114 valence electrons. The van der Waals surface area contributed by atoms with Crippen molar-refractivity contribution in [2.45, 2.75) is 44.2 Å². The average Bonchev–Trinajstić information content (AvgIpc) is 2.86. The van der Waals surface area contributed by atoms with Crippen molar-refractivity contribution in [1.29, 1.82) is 0 Å². The van der Waals surface area contributed by atoms with Gasteiger partial charge in [0.2, 0.25) is 6.29 Å². The van der Waals surface area contributed by atoms with Crippen LogP contribution in [0.4, 0.5) is 0 Å². The Morgan fingerprint density at radius 2 is 1.95 bits per heavy atom. The highest BCUT2D eigenvalue weighted by Gasteiger charge is 2.48. The van der Waals surface area contributed by atoms with Crippen LogP contribution in [0.25, 0.3) is 0 Å². The summed E-state index contributed by atoms with van der Waals surface area (Å²) in [5.41, 5.74) is 1.04. The van der Waals surface area contributed by atoms with E-state index < -0.39 is 30.6 Å².